The first-order valence-corrected chi connectivity index (χ1v) is 9.88. The van der Waals surface area contributed by atoms with Gasteiger partial charge in [0.05, 0.1) is 21.3 Å². The highest BCUT2D eigenvalue weighted by Gasteiger charge is 2.25. The fourth-order valence-corrected chi connectivity index (χ4v) is 3.76. The van der Waals surface area contributed by atoms with Crippen LogP contribution in [0.1, 0.15) is 25.8 Å². The lowest BCUT2D eigenvalue weighted by Crippen LogP contribution is -2.14. The molecule has 1 amide bonds. The van der Waals surface area contributed by atoms with Crippen LogP contribution in [-0.2, 0) is 10.2 Å². The molecule has 0 unspecified atom stereocenters. The van der Waals surface area contributed by atoms with Gasteiger partial charge in [0.15, 0.2) is 5.82 Å². The van der Waals surface area contributed by atoms with Crippen LogP contribution in [0.3, 0.4) is 0 Å². The number of nitrogens with zero attached hydrogens (tertiary/aromatic N) is 2. The Hall–Kier alpha value is -3.06. The third-order valence-corrected chi connectivity index (χ3v) is 5.56. The second kappa shape index (κ2) is 8.53. The molecule has 3 rings (SSSR count). The molecule has 0 aliphatic rings. The number of thiazole rings is 1. The molecule has 0 aliphatic carbocycles. The molecule has 2 aromatic heterocycles. The molecule has 29 heavy (non-hydrogen) atoms. The topological polar surface area (TPSA) is 64.1 Å². The van der Waals surface area contributed by atoms with Gasteiger partial charge in [0.25, 0.3) is 0 Å². The molecule has 0 saturated carbocycles. The molecule has 5 nitrogen and oxygen atoms in total. The van der Waals surface area contributed by atoms with Crippen LogP contribution in [0.2, 0.25) is 0 Å². The summed E-state index contributed by atoms with van der Waals surface area (Å²) in [6, 6.07) is 8.55. The lowest BCUT2D eigenvalue weighted by atomic mass is 9.98. The van der Waals surface area contributed by atoms with Crippen molar-refractivity contribution in [2.45, 2.75) is 26.2 Å². The van der Waals surface area contributed by atoms with Crippen molar-refractivity contribution in [3.05, 3.63) is 66.2 Å². The Kier molecular flexibility index (Phi) is 6.08. The van der Waals surface area contributed by atoms with Crippen molar-refractivity contribution in [3.63, 3.8) is 0 Å². The summed E-state index contributed by atoms with van der Waals surface area (Å²) >= 11 is 1.53. The van der Waals surface area contributed by atoms with Crippen molar-refractivity contribution in [1.29, 1.82) is 0 Å². The van der Waals surface area contributed by atoms with Crippen LogP contribution in [0.25, 0.3) is 21.7 Å². The first-order valence-electron chi connectivity index (χ1n) is 9.06. The number of pyridine rings is 1. The number of carbonyl (C=O) groups excluding carboxylic acids is 1. The fourth-order valence-electron chi connectivity index (χ4n) is 2.61. The number of amides is 1. The summed E-state index contributed by atoms with van der Waals surface area (Å²) in [4.78, 5) is 21.5. The van der Waals surface area contributed by atoms with E-state index in [2.05, 4.69) is 37.7 Å². The van der Waals surface area contributed by atoms with Gasteiger partial charge in [-0.1, -0.05) is 39.5 Å². The average Bonchev–Trinajstić information content (AvgIpc) is 3.14. The molecule has 150 valence electrons. The van der Waals surface area contributed by atoms with E-state index in [0.717, 1.165) is 15.4 Å². The van der Waals surface area contributed by atoms with Crippen LogP contribution in [0.15, 0.2) is 55.4 Å². The molecule has 0 radical (unpaired) electrons. The molecule has 0 saturated heterocycles. The van der Waals surface area contributed by atoms with Gasteiger partial charge >= 0.3 is 6.09 Å². The summed E-state index contributed by atoms with van der Waals surface area (Å²) in [5, 5.41) is 3.32. The number of anilines is 1. The molecular formula is C22H22FN3O2S. The highest BCUT2D eigenvalue weighted by molar-refractivity contribution is 7.15. The maximum atomic E-state index is 15.3. The quantitative estimate of drug-likeness (QED) is 0.520. The number of hydrogen-bond donors (Lipinski definition) is 1. The Morgan fingerprint density at radius 2 is 2.00 bits per heavy atom. The molecular weight excluding hydrogens is 389 g/mol. The maximum absolute atomic E-state index is 15.3. The molecule has 0 fully saturated rings. The minimum absolute atomic E-state index is 0.0301. The van der Waals surface area contributed by atoms with Gasteiger partial charge < -0.3 is 4.74 Å². The van der Waals surface area contributed by atoms with Crippen LogP contribution in [0.4, 0.5) is 14.9 Å². The highest BCUT2D eigenvalue weighted by atomic mass is 32.1. The van der Waals surface area contributed by atoms with Crippen molar-refractivity contribution in [1.82, 2.24) is 9.97 Å². The summed E-state index contributed by atoms with van der Waals surface area (Å²) in [5.74, 6) is -0.566. The Balaban J connectivity index is 2.08. The second-order valence-electron chi connectivity index (χ2n) is 7.36. The number of hydrogen-bond acceptors (Lipinski definition) is 5. The molecule has 0 atom stereocenters. The fraction of sp³-hybridized carbons (Fsp3) is 0.227. The van der Waals surface area contributed by atoms with E-state index in [1.54, 1.807) is 24.5 Å². The van der Waals surface area contributed by atoms with Gasteiger partial charge in [0.2, 0.25) is 0 Å². The summed E-state index contributed by atoms with van der Waals surface area (Å²) in [7, 11) is 0. The van der Waals surface area contributed by atoms with E-state index in [-0.39, 0.29) is 17.7 Å². The van der Waals surface area contributed by atoms with Gasteiger partial charge in [0.1, 0.15) is 6.61 Å². The highest BCUT2D eigenvalue weighted by Crippen LogP contribution is 2.42. The molecule has 3 aromatic rings. The zero-order chi connectivity index (χ0) is 21.0. The standard InChI is InChI=1S/C22H22FN3O2S/c1-5-13-28-21(27)25-16-8-6-7-15(17(16)23)18-19(14-9-11-24-12-10-14)29-20(26-18)22(2,3)4/h5-12H,1,13H2,2-4H3,(H,25,27). The van der Waals surface area contributed by atoms with Crippen LogP contribution in [0.5, 0.6) is 0 Å². The lowest BCUT2D eigenvalue weighted by Gasteiger charge is -2.13. The summed E-state index contributed by atoms with van der Waals surface area (Å²) in [5.41, 5.74) is 1.59. The van der Waals surface area contributed by atoms with E-state index < -0.39 is 11.9 Å². The molecule has 7 heteroatoms. The number of nitrogens with one attached hydrogen (secondary N) is 1. The number of halogens is 1. The van der Waals surface area contributed by atoms with Crippen molar-refractivity contribution < 1.29 is 13.9 Å². The molecule has 2 heterocycles. The van der Waals surface area contributed by atoms with Gasteiger partial charge in [0, 0.05) is 23.4 Å². The average molecular weight is 412 g/mol. The molecule has 0 spiro atoms. The van der Waals surface area contributed by atoms with Gasteiger partial charge in [-0.25, -0.2) is 14.2 Å². The first kappa shape index (κ1) is 20.7. The Morgan fingerprint density at radius 3 is 2.66 bits per heavy atom. The van der Waals surface area contributed by atoms with Crippen LogP contribution in [-0.4, -0.2) is 22.7 Å². The Labute approximate surface area is 173 Å². The Bertz CT molecular complexity index is 1030. The number of ether oxygens (including phenoxy) is 1. The van der Waals surface area contributed by atoms with Gasteiger partial charge in [-0.15, -0.1) is 11.3 Å². The van der Waals surface area contributed by atoms with Crippen molar-refractivity contribution in [3.8, 4) is 21.7 Å². The maximum Gasteiger partial charge on any atom is 0.412 e. The predicted octanol–water partition coefficient (Wildman–Crippen LogP) is 6.04. The monoisotopic (exact) mass is 411 g/mol. The zero-order valence-electron chi connectivity index (χ0n) is 16.5. The zero-order valence-corrected chi connectivity index (χ0v) is 17.3. The van der Waals surface area contributed by atoms with E-state index in [1.807, 2.05) is 12.1 Å². The third kappa shape index (κ3) is 4.68. The van der Waals surface area contributed by atoms with Crippen molar-refractivity contribution >= 4 is 23.1 Å². The number of carbonyl (C=O) groups is 1. The van der Waals surface area contributed by atoms with E-state index in [0.29, 0.717) is 11.3 Å². The normalized spacial score (nSPS) is 11.2. The van der Waals surface area contributed by atoms with E-state index in [4.69, 9.17) is 9.72 Å². The third-order valence-electron chi connectivity index (χ3n) is 4.03. The predicted molar refractivity (Wildman–Crippen MR) is 115 cm³/mol. The smallest absolute Gasteiger partial charge is 0.412 e. The first-order chi connectivity index (χ1) is 13.8. The minimum atomic E-state index is -0.746. The summed E-state index contributed by atoms with van der Waals surface area (Å²) < 4.78 is 20.2. The van der Waals surface area contributed by atoms with E-state index in [1.165, 1.54) is 23.5 Å². The van der Waals surface area contributed by atoms with Crippen molar-refractivity contribution in [2.24, 2.45) is 0 Å². The van der Waals surface area contributed by atoms with Crippen LogP contribution >= 0.6 is 11.3 Å². The minimum Gasteiger partial charge on any atom is -0.445 e. The SMILES string of the molecule is C=CCOC(=O)Nc1cccc(-c2nc(C(C)(C)C)sc2-c2ccncc2)c1F. The molecule has 0 aliphatic heterocycles. The summed E-state index contributed by atoms with van der Waals surface area (Å²) in [6.45, 7) is 9.72. The van der Waals surface area contributed by atoms with Gasteiger partial charge in [-0.05, 0) is 29.8 Å². The van der Waals surface area contributed by atoms with Gasteiger partial charge in [-0.2, -0.15) is 0 Å². The summed E-state index contributed by atoms with van der Waals surface area (Å²) in [6.07, 6.45) is 4.08. The number of benzene rings is 1. The lowest BCUT2D eigenvalue weighted by molar-refractivity contribution is 0.174. The molecule has 0 bridgehead atoms. The van der Waals surface area contributed by atoms with E-state index in [9.17, 15) is 4.79 Å². The Morgan fingerprint density at radius 1 is 1.28 bits per heavy atom. The molecule has 1 N–H and O–H groups in total. The second-order valence-corrected chi connectivity index (χ2v) is 8.36. The van der Waals surface area contributed by atoms with Crippen LogP contribution in [0, 0.1) is 5.82 Å². The molecule has 1 aromatic carbocycles. The van der Waals surface area contributed by atoms with Crippen LogP contribution < -0.4 is 5.32 Å². The van der Waals surface area contributed by atoms with Crippen molar-refractivity contribution in [2.75, 3.05) is 11.9 Å². The van der Waals surface area contributed by atoms with Gasteiger partial charge in [-0.3, -0.25) is 10.3 Å². The van der Waals surface area contributed by atoms with E-state index >= 15 is 4.39 Å². The number of aromatic nitrogens is 2. The number of rotatable bonds is 5. The largest absolute Gasteiger partial charge is 0.445 e.